The van der Waals surface area contributed by atoms with Gasteiger partial charge in [0.15, 0.2) is 11.5 Å². The van der Waals surface area contributed by atoms with Crippen LogP contribution in [0.3, 0.4) is 0 Å². The summed E-state index contributed by atoms with van der Waals surface area (Å²) in [5, 5.41) is 2.92. The molecule has 1 aromatic heterocycles. The molecule has 1 aromatic rings. The third-order valence-electron chi connectivity index (χ3n) is 2.19. The van der Waals surface area contributed by atoms with E-state index in [9.17, 15) is 9.59 Å². The van der Waals surface area contributed by atoms with Crippen LogP contribution in [0, 0.1) is 0 Å². The van der Waals surface area contributed by atoms with Gasteiger partial charge in [-0.3, -0.25) is 14.6 Å². The largest absolute Gasteiger partial charge is 0.369 e. The number of hydrogen-bond acceptors (Lipinski definition) is 5. The molecule has 0 aliphatic carbocycles. The molecule has 15 heavy (non-hydrogen) atoms. The van der Waals surface area contributed by atoms with E-state index in [0.29, 0.717) is 18.9 Å². The van der Waals surface area contributed by atoms with E-state index < -0.39 is 5.56 Å². The highest BCUT2D eigenvalue weighted by molar-refractivity contribution is 5.95. The highest BCUT2D eigenvalue weighted by atomic mass is 16.2. The molecule has 80 valence electrons. The summed E-state index contributed by atoms with van der Waals surface area (Å²) in [7, 11) is 0. The number of hydrogen-bond donors (Lipinski definition) is 3. The maximum atomic E-state index is 11.6. The first-order valence-corrected chi connectivity index (χ1v) is 4.51. The molecule has 0 aromatic carbocycles. The van der Waals surface area contributed by atoms with Crippen molar-refractivity contribution in [1.82, 2.24) is 9.97 Å². The van der Waals surface area contributed by atoms with E-state index in [0.717, 1.165) is 0 Å². The lowest BCUT2D eigenvalue weighted by Crippen LogP contribution is -2.41. The van der Waals surface area contributed by atoms with Crippen LogP contribution in [0.15, 0.2) is 4.79 Å². The minimum atomic E-state index is -0.403. The first-order valence-electron chi connectivity index (χ1n) is 4.51. The Morgan fingerprint density at radius 3 is 3.00 bits per heavy atom. The summed E-state index contributed by atoms with van der Waals surface area (Å²) in [4.78, 5) is 30.5. The van der Waals surface area contributed by atoms with Crippen molar-refractivity contribution in [2.45, 2.75) is 6.92 Å². The topological polar surface area (TPSA) is 104 Å². The fraction of sp³-hybridized carbons (Fsp3) is 0.375. The first kappa shape index (κ1) is 9.50. The zero-order valence-electron chi connectivity index (χ0n) is 8.20. The van der Waals surface area contributed by atoms with Gasteiger partial charge in [0, 0.05) is 20.0 Å². The second kappa shape index (κ2) is 3.26. The second-order valence-electron chi connectivity index (χ2n) is 3.25. The number of aromatic nitrogens is 2. The van der Waals surface area contributed by atoms with Crippen molar-refractivity contribution in [2.24, 2.45) is 0 Å². The quantitative estimate of drug-likeness (QED) is 0.515. The van der Waals surface area contributed by atoms with Crippen LogP contribution in [0.25, 0.3) is 0 Å². The number of nitrogens with two attached hydrogens (primary N) is 1. The van der Waals surface area contributed by atoms with Crippen LogP contribution >= 0.6 is 0 Å². The van der Waals surface area contributed by atoms with E-state index in [4.69, 9.17) is 5.73 Å². The maximum absolute atomic E-state index is 11.6. The summed E-state index contributed by atoms with van der Waals surface area (Å²) >= 11 is 0. The van der Waals surface area contributed by atoms with Crippen LogP contribution < -0.4 is 21.5 Å². The molecule has 7 nitrogen and oxygen atoms in total. The van der Waals surface area contributed by atoms with E-state index in [-0.39, 0.29) is 17.5 Å². The fourth-order valence-electron chi connectivity index (χ4n) is 1.57. The zero-order chi connectivity index (χ0) is 11.0. The van der Waals surface area contributed by atoms with E-state index in [1.165, 1.54) is 11.8 Å². The van der Waals surface area contributed by atoms with Crippen LogP contribution in [0.1, 0.15) is 6.92 Å². The third-order valence-corrected chi connectivity index (χ3v) is 2.19. The molecular formula is C8H11N5O2. The standard InChI is InChI=1S/C8H11N5O2/c1-4(14)13-3-2-10-6-5(13)7(15)12-8(9)11-6/h2-3H2,1H3,(H4,9,10,11,12,15). The van der Waals surface area contributed by atoms with Crippen molar-refractivity contribution in [3.63, 3.8) is 0 Å². The van der Waals surface area contributed by atoms with Gasteiger partial charge in [-0.2, -0.15) is 4.98 Å². The Bertz CT molecular complexity index is 467. The van der Waals surface area contributed by atoms with E-state index in [1.54, 1.807) is 0 Å². The van der Waals surface area contributed by atoms with E-state index in [2.05, 4.69) is 15.3 Å². The molecule has 4 N–H and O–H groups in total. The van der Waals surface area contributed by atoms with Gasteiger partial charge >= 0.3 is 0 Å². The number of anilines is 3. The highest BCUT2D eigenvalue weighted by Gasteiger charge is 2.24. The number of carbonyl (C=O) groups is 1. The molecule has 0 bridgehead atoms. The molecule has 0 atom stereocenters. The van der Waals surface area contributed by atoms with Crippen molar-refractivity contribution >= 4 is 23.4 Å². The van der Waals surface area contributed by atoms with Crippen molar-refractivity contribution < 1.29 is 4.79 Å². The molecule has 0 unspecified atom stereocenters. The molecule has 1 aliphatic heterocycles. The highest BCUT2D eigenvalue weighted by Crippen LogP contribution is 2.22. The SMILES string of the molecule is CC(=O)N1CCNc2nc(N)[nH]c(=O)c21. The predicted molar refractivity (Wildman–Crippen MR) is 55.8 cm³/mol. The number of H-pyrrole nitrogens is 1. The molecule has 1 aliphatic rings. The number of fused-ring (bicyclic) bond motifs is 1. The van der Waals surface area contributed by atoms with Crippen molar-refractivity contribution in [1.29, 1.82) is 0 Å². The second-order valence-corrected chi connectivity index (χ2v) is 3.25. The minimum Gasteiger partial charge on any atom is -0.369 e. The Morgan fingerprint density at radius 1 is 1.60 bits per heavy atom. The number of rotatable bonds is 0. The molecule has 1 amide bonds. The summed E-state index contributed by atoms with van der Waals surface area (Å²) in [5.41, 5.74) is 5.23. The van der Waals surface area contributed by atoms with Gasteiger partial charge in [-0.25, -0.2) is 0 Å². The first-order chi connectivity index (χ1) is 7.09. The molecule has 7 heteroatoms. The molecule has 2 rings (SSSR count). The number of amides is 1. The van der Waals surface area contributed by atoms with Crippen LogP contribution in [-0.2, 0) is 4.79 Å². The minimum absolute atomic E-state index is 0.0386. The van der Waals surface area contributed by atoms with Crippen LogP contribution in [0.2, 0.25) is 0 Å². The van der Waals surface area contributed by atoms with Gasteiger partial charge < -0.3 is 16.0 Å². The number of nitrogens with one attached hydrogen (secondary N) is 2. The Kier molecular flexibility index (Phi) is 2.07. The number of carbonyl (C=O) groups excluding carboxylic acids is 1. The Hall–Kier alpha value is -2.05. The Balaban J connectivity index is 2.61. The monoisotopic (exact) mass is 209 g/mol. The molecule has 0 saturated heterocycles. The summed E-state index contributed by atoms with van der Waals surface area (Å²) in [6.45, 7) is 2.42. The summed E-state index contributed by atoms with van der Waals surface area (Å²) < 4.78 is 0. The molecular weight excluding hydrogens is 198 g/mol. The van der Waals surface area contributed by atoms with Crippen LogP contribution in [-0.4, -0.2) is 29.0 Å². The number of aromatic amines is 1. The number of nitrogen functional groups attached to an aromatic ring is 1. The lowest BCUT2D eigenvalue weighted by atomic mass is 10.3. The predicted octanol–water partition coefficient (Wildman–Crippen LogP) is -0.869. The van der Waals surface area contributed by atoms with Gasteiger partial charge in [0.05, 0.1) is 0 Å². The average Bonchev–Trinajstić information content (AvgIpc) is 2.16. The summed E-state index contributed by atoms with van der Waals surface area (Å²) in [6, 6.07) is 0. The van der Waals surface area contributed by atoms with Crippen molar-refractivity contribution in [2.75, 3.05) is 29.0 Å². The fourth-order valence-corrected chi connectivity index (χ4v) is 1.57. The van der Waals surface area contributed by atoms with Gasteiger partial charge in [0.25, 0.3) is 5.56 Å². The maximum Gasteiger partial charge on any atom is 0.278 e. The number of nitrogens with zero attached hydrogens (tertiary/aromatic N) is 2. The van der Waals surface area contributed by atoms with Crippen LogP contribution in [0.4, 0.5) is 17.5 Å². The van der Waals surface area contributed by atoms with Gasteiger partial charge in [0.2, 0.25) is 11.9 Å². The molecule has 0 saturated carbocycles. The van der Waals surface area contributed by atoms with E-state index in [1.807, 2.05) is 0 Å². The van der Waals surface area contributed by atoms with Gasteiger partial charge in [-0.15, -0.1) is 0 Å². The van der Waals surface area contributed by atoms with E-state index >= 15 is 0 Å². The molecule has 0 radical (unpaired) electrons. The lowest BCUT2D eigenvalue weighted by Gasteiger charge is -2.27. The Morgan fingerprint density at radius 2 is 2.33 bits per heavy atom. The van der Waals surface area contributed by atoms with Crippen LogP contribution in [0.5, 0.6) is 0 Å². The average molecular weight is 209 g/mol. The third kappa shape index (κ3) is 1.51. The summed E-state index contributed by atoms with van der Waals surface area (Å²) in [5.74, 6) is 0.212. The molecule has 0 fully saturated rings. The van der Waals surface area contributed by atoms with Gasteiger partial charge in [-0.05, 0) is 0 Å². The lowest BCUT2D eigenvalue weighted by molar-refractivity contribution is -0.116. The smallest absolute Gasteiger partial charge is 0.278 e. The normalized spacial score (nSPS) is 14.3. The van der Waals surface area contributed by atoms with Crippen molar-refractivity contribution in [3.05, 3.63) is 10.4 Å². The summed E-state index contributed by atoms with van der Waals surface area (Å²) in [6.07, 6.45) is 0. The van der Waals surface area contributed by atoms with Gasteiger partial charge in [0.1, 0.15) is 0 Å². The molecule has 2 heterocycles. The van der Waals surface area contributed by atoms with Crippen molar-refractivity contribution in [3.8, 4) is 0 Å². The molecule has 0 spiro atoms. The Labute approximate surface area is 85.3 Å². The van der Waals surface area contributed by atoms with Gasteiger partial charge in [-0.1, -0.05) is 0 Å². The zero-order valence-corrected chi connectivity index (χ0v) is 8.20.